The molecule has 0 spiro atoms. The first-order chi connectivity index (χ1) is 9.56. The molecule has 3 N–H and O–H groups in total. The zero-order chi connectivity index (χ0) is 16.4. The maximum atomic E-state index is 13.5. The minimum atomic E-state index is -3.70. The summed E-state index contributed by atoms with van der Waals surface area (Å²) in [6, 6.07) is 0.984. The van der Waals surface area contributed by atoms with Gasteiger partial charge in [0.05, 0.1) is 10.6 Å². The smallest absolute Gasteiger partial charge is 0.241 e. The lowest BCUT2D eigenvalue weighted by molar-refractivity contribution is 0.485. The van der Waals surface area contributed by atoms with Gasteiger partial charge in [-0.1, -0.05) is 13.8 Å². The van der Waals surface area contributed by atoms with Gasteiger partial charge in [-0.3, -0.25) is 0 Å². The van der Waals surface area contributed by atoms with Crippen LogP contribution in [0.3, 0.4) is 0 Å². The summed E-state index contributed by atoms with van der Waals surface area (Å²) < 4.78 is 41.2. The molecular formula is C15H25FN2O2S. The number of nitrogens with one attached hydrogen (secondary N) is 1. The molecule has 1 aromatic rings. The molecule has 1 unspecified atom stereocenters. The number of aryl methyl sites for hydroxylation is 1. The van der Waals surface area contributed by atoms with Crippen LogP contribution in [-0.2, 0) is 10.0 Å². The Hall–Kier alpha value is -1.14. The SMILES string of the molecule is Cc1cc(F)c(N)c(C)c1S(=O)(=O)NC(C)CCC(C)C. The highest BCUT2D eigenvalue weighted by molar-refractivity contribution is 7.89. The summed E-state index contributed by atoms with van der Waals surface area (Å²) in [7, 11) is -3.70. The summed E-state index contributed by atoms with van der Waals surface area (Å²) in [6.45, 7) is 9.12. The van der Waals surface area contributed by atoms with Crippen LogP contribution in [0.2, 0.25) is 0 Å². The molecule has 0 heterocycles. The summed E-state index contributed by atoms with van der Waals surface area (Å²) in [5.41, 5.74) is 6.12. The van der Waals surface area contributed by atoms with Crippen molar-refractivity contribution in [2.45, 2.75) is 58.4 Å². The molecule has 4 nitrogen and oxygen atoms in total. The van der Waals surface area contributed by atoms with Gasteiger partial charge in [-0.2, -0.15) is 0 Å². The third-order valence-corrected chi connectivity index (χ3v) is 5.38. The van der Waals surface area contributed by atoms with E-state index in [4.69, 9.17) is 5.73 Å². The van der Waals surface area contributed by atoms with Gasteiger partial charge in [0, 0.05) is 6.04 Å². The Morgan fingerprint density at radius 3 is 2.33 bits per heavy atom. The maximum absolute atomic E-state index is 13.5. The van der Waals surface area contributed by atoms with Gasteiger partial charge in [0.2, 0.25) is 10.0 Å². The van der Waals surface area contributed by atoms with Crippen molar-refractivity contribution in [3.8, 4) is 0 Å². The van der Waals surface area contributed by atoms with E-state index >= 15 is 0 Å². The van der Waals surface area contributed by atoms with Crippen molar-refractivity contribution in [1.82, 2.24) is 4.72 Å². The van der Waals surface area contributed by atoms with E-state index in [0.29, 0.717) is 11.5 Å². The van der Waals surface area contributed by atoms with Gasteiger partial charge in [0.25, 0.3) is 0 Å². The van der Waals surface area contributed by atoms with Gasteiger partial charge in [-0.05, 0) is 56.7 Å². The molecule has 0 saturated heterocycles. The first-order valence-corrected chi connectivity index (χ1v) is 8.62. The standard InChI is InChI=1S/C15H25FN2O2S/c1-9(2)6-7-11(4)18-21(19,20)15-10(3)8-13(16)14(17)12(15)5/h8-9,11,18H,6-7,17H2,1-5H3. The van der Waals surface area contributed by atoms with E-state index < -0.39 is 15.8 Å². The first-order valence-electron chi connectivity index (χ1n) is 7.13. The lowest BCUT2D eigenvalue weighted by Gasteiger charge is -2.18. The fourth-order valence-electron chi connectivity index (χ4n) is 2.31. The van der Waals surface area contributed by atoms with E-state index in [1.807, 2.05) is 6.92 Å². The Morgan fingerprint density at radius 2 is 1.81 bits per heavy atom. The predicted molar refractivity (Wildman–Crippen MR) is 84.1 cm³/mol. The molecule has 0 fully saturated rings. The number of nitrogens with two attached hydrogens (primary N) is 1. The average Bonchev–Trinajstić information content (AvgIpc) is 2.32. The van der Waals surface area contributed by atoms with Crippen molar-refractivity contribution in [1.29, 1.82) is 0 Å². The van der Waals surface area contributed by atoms with Gasteiger partial charge in [-0.25, -0.2) is 17.5 Å². The quantitative estimate of drug-likeness (QED) is 0.792. The highest BCUT2D eigenvalue weighted by Gasteiger charge is 2.24. The molecule has 0 aromatic heterocycles. The van der Waals surface area contributed by atoms with Crippen LogP contribution in [0, 0.1) is 25.6 Å². The lowest BCUT2D eigenvalue weighted by atomic mass is 10.1. The second-order valence-electron chi connectivity index (χ2n) is 6.04. The highest BCUT2D eigenvalue weighted by Crippen LogP contribution is 2.27. The third-order valence-electron chi connectivity index (χ3n) is 3.51. The Labute approximate surface area is 127 Å². The molecular weight excluding hydrogens is 291 g/mol. The maximum Gasteiger partial charge on any atom is 0.241 e. The molecule has 0 amide bonds. The molecule has 0 aliphatic rings. The van der Waals surface area contributed by atoms with E-state index in [1.54, 1.807) is 6.92 Å². The van der Waals surface area contributed by atoms with Gasteiger partial charge < -0.3 is 5.73 Å². The Bertz CT molecular complexity index is 613. The largest absolute Gasteiger partial charge is 0.396 e. The van der Waals surface area contributed by atoms with Crippen molar-refractivity contribution in [3.05, 3.63) is 23.0 Å². The van der Waals surface area contributed by atoms with Crippen LogP contribution in [0.15, 0.2) is 11.0 Å². The van der Waals surface area contributed by atoms with Gasteiger partial charge in [0.15, 0.2) is 0 Å². The summed E-state index contributed by atoms with van der Waals surface area (Å²) >= 11 is 0. The third kappa shape index (κ3) is 4.41. The number of nitrogen functional groups attached to an aromatic ring is 1. The minimum absolute atomic E-state index is 0.0813. The van der Waals surface area contributed by atoms with Crippen molar-refractivity contribution in [2.24, 2.45) is 5.92 Å². The topological polar surface area (TPSA) is 72.2 Å². The fraction of sp³-hybridized carbons (Fsp3) is 0.600. The molecule has 1 aromatic carbocycles. The molecule has 0 saturated carbocycles. The first kappa shape index (κ1) is 17.9. The molecule has 0 radical (unpaired) electrons. The number of anilines is 1. The van der Waals surface area contributed by atoms with Crippen LogP contribution < -0.4 is 10.5 Å². The number of hydrogen-bond acceptors (Lipinski definition) is 3. The summed E-state index contributed by atoms with van der Waals surface area (Å²) in [6.07, 6.45) is 1.69. The normalized spacial score (nSPS) is 13.7. The van der Waals surface area contributed by atoms with E-state index in [2.05, 4.69) is 18.6 Å². The molecule has 1 rings (SSSR count). The predicted octanol–water partition coefficient (Wildman–Crippen LogP) is 3.13. The zero-order valence-corrected chi connectivity index (χ0v) is 14.1. The van der Waals surface area contributed by atoms with Crippen molar-refractivity contribution >= 4 is 15.7 Å². The van der Waals surface area contributed by atoms with Crippen molar-refractivity contribution < 1.29 is 12.8 Å². The van der Waals surface area contributed by atoms with Crippen LogP contribution in [0.5, 0.6) is 0 Å². The summed E-state index contributed by atoms with van der Waals surface area (Å²) in [4.78, 5) is 0.0813. The van der Waals surface area contributed by atoms with E-state index in [0.717, 1.165) is 18.9 Å². The number of rotatable bonds is 6. The number of hydrogen-bond donors (Lipinski definition) is 2. The van der Waals surface area contributed by atoms with Crippen molar-refractivity contribution in [3.63, 3.8) is 0 Å². The van der Waals surface area contributed by atoms with Crippen LogP contribution in [-0.4, -0.2) is 14.5 Å². The second-order valence-corrected chi connectivity index (χ2v) is 7.69. The van der Waals surface area contributed by atoms with Gasteiger partial charge in [-0.15, -0.1) is 0 Å². The van der Waals surface area contributed by atoms with E-state index in [1.165, 1.54) is 6.92 Å². The summed E-state index contributed by atoms with van der Waals surface area (Å²) in [5, 5.41) is 0. The van der Waals surface area contributed by atoms with Gasteiger partial charge >= 0.3 is 0 Å². The monoisotopic (exact) mass is 316 g/mol. The minimum Gasteiger partial charge on any atom is -0.396 e. The van der Waals surface area contributed by atoms with Crippen molar-refractivity contribution in [2.75, 3.05) is 5.73 Å². The second kappa shape index (κ2) is 6.75. The average molecular weight is 316 g/mol. The molecule has 6 heteroatoms. The van der Waals surface area contributed by atoms with E-state index in [-0.39, 0.29) is 22.2 Å². The van der Waals surface area contributed by atoms with Crippen LogP contribution in [0.1, 0.15) is 44.7 Å². The molecule has 0 bridgehead atoms. The molecule has 0 aliphatic heterocycles. The molecule has 1 atom stereocenters. The molecule has 120 valence electrons. The van der Waals surface area contributed by atoms with Crippen LogP contribution in [0.25, 0.3) is 0 Å². The fourth-order valence-corrected chi connectivity index (χ4v) is 4.07. The van der Waals surface area contributed by atoms with Gasteiger partial charge in [0.1, 0.15) is 5.82 Å². The molecule has 0 aliphatic carbocycles. The highest BCUT2D eigenvalue weighted by atomic mass is 32.2. The zero-order valence-electron chi connectivity index (χ0n) is 13.3. The Morgan fingerprint density at radius 1 is 1.24 bits per heavy atom. The Kier molecular flexibility index (Phi) is 5.75. The summed E-state index contributed by atoms with van der Waals surface area (Å²) in [5.74, 6) is -0.0706. The Balaban J connectivity index is 3.07. The number of halogens is 1. The van der Waals surface area contributed by atoms with E-state index in [9.17, 15) is 12.8 Å². The lowest BCUT2D eigenvalue weighted by Crippen LogP contribution is -2.33. The number of benzene rings is 1. The molecule has 21 heavy (non-hydrogen) atoms. The number of sulfonamides is 1. The van der Waals surface area contributed by atoms with Crippen LogP contribution >= 0.6 is 0 Å². The van der Waals surface area contributed by atoms with Crippen LogP contribution in [0.4, 0.5) is 10.1 Å².